The van der Waals surface area contributed by atoms with Crippen LogP contribution in [0.25, 0.3) is 0 Å². The number of hydrogen-bond acceptors (Lipinski definition) is 4. The van der Waals surface area contributed by atoms with E-state index in [4.69, 9.17) is 0 Å². The van der Waals surface area contributed by atoms with Gasteiger partial charge in [-0.05, 0) is 18.6 Å². The fraction of sp³-hybridized carbons (Fsp3) is 0.538. The van der Waals surface area contributed by atoms with Gasteiger partial charge in [-0.2, -0.15) is 11.8 Å². The van der Waals surface area contributed by atoms with Crippen molar-refractivity contribution in [1.29, 1.82) is 0 Å². The molecule has 0 spiro atoms. The molecule has 1 aliphatic rings. The Balaban J connectivity index is 2.04. The zero-order valence-corrected chi connectivity index (χ0v) is 11.5. The molecular weight excluding hydrogens is 246 g/mol. The molecule has 0 aliphatic carbocycles. The van der Waals surface area contributed by atoms with Crippen molar-refractivity contribution in [3.05, 3.63) is 24.0 Å². The van der Waals surface area contributed by atoms with Gasteiger partial charge in [0.2, 0.25) is 0 Å². The zero-order valence-electron chi connectivity index (χ0n) is 10.7. The summed E-state index contributed by atoms with van der Waals surface area (Å²) in [5.41, 5.74) is 1.52. The second kappa shape index (κ2) is 6.64. The van der Waals surface area contributed by atoms with Crippen LogP contribution in [0.5, 0.6) is 0 Å². The van der Waals surface area contributed by atoms with Crippen LogP contribution in [0.4, 0.5) is 5.69 Å². The van der Waals surface area contributed by atoms with E-state index < -0.39 is 0 Å². The van der Waals surface area contributed by atoms with Gasteiger partial charge in [-0.25, -0.2) is 0 Å². The number of aromatic nitrogens is 1. The van der Waals surface area contributed by atoms with Crippen LogP contribution < -0.4 is 5.32 Å². The number of carbonyl (C=O) groups excluding carboxylic acids is 1. The van der Waals surface area contributed by atoms with Crippen molar-refractivity contribution >= 4 is 23.4 Å². The predicted molar refractivity (Wildman–Crippen MR) is 76.2 cm³/mol. The van der Waals surface area contributed by atoms with E-state index in [9.17, 15) is 4.79 Å². The van der Waals surface area contributed by atoms with Crippen LogP contribution in [0.1, 0.15) is 23.8 Å². The lowest BCUT2D eigenvalue weighted by atomic mass is 10.2. The van der Waals surface area contributed by atoms with E-state index in [2.05, 4.69) is 17.2 Å². The quantitative estimate of drug-likeness (QED) is 0.905. The number of rotatable bonds is 4. The van der Waals surface area contributed by atoms with Crippen molar-refractivity contribution < 1.29 is 4.79 Å². The van der Waals surface area contributed by atoms with Gasteiger partial charge in [0, 0.05) is 43.0 Å². The number of pyridine rings is 1. The first-order chi connectivity index (χ1) is 8.81. The third kappa shape index (κ3) is 3.38. The average molecular weight is 265 g/mol. The van der Waals surface area contributed by atoms with Crippen molar-refractivity contribution in [3.63, 3.8) is 0 Å². The molecule has 1 amide bonds. The summed E-state index contributed by atoms with van der Waals surface area (Å²) in [6.45, 7) is 4.69. The van der Waals surface area contributed by atoms with E-state index in [0.717, 1.165) is 43.2 Å². The molecule has 0 unspecified atom stereocenters. The van der Waals surface area contributed by atoms with Crippen LogP contribution >= 0.6 is 11.8 Å². The summed E-state index contributed by atoms with van der Waals surface area (Å²) in [5, 5.41) is 3.28. The van der Waals surface area contributed by atoms with Crippen molar-refractivity contribution in [2.45, 2.75) is 13.3 Å². The molecule has 18 heavy (non-hydrogen) atoms. The molecule has 5 heteroatoms. The maximum Gasteiger partial charge on any atom is 0.272 e. The Hall–Kier alpha value is -1.23. The second-order valence-corrected chi connectivity index (χ2v) is 5.49. The summed E-state index contributed by atoms with van der Waals surface area (Å²) in [7, 11) is 0. The highest BCUT2D eigenvalue weighted by Gasteiger charge is 2.19. The Labute approximate surface area is 112 Å². The maximum atomic E-state index is 12.3. The van der Waals surface area contributed by atoms with Gasteiger partial charge >= 0.3 is 0 Å². The first-order valence-electron chi connectivity index (χ1n) is 6.38. The van der Waals surface area contributed by atoms with Crippen LogP contribution in [0.2, 0.25) is 0 Å². The Morgan fingerprint density at radius 1 is 1.50 bits per heavy atom. The molecule has 1 saturated heterocycles. The van der Waals surface area contributed by atoms with Gasteiger partial charge in [0.15, 0.2) is 0 Å². The highest BCUT2D eigenvalue weighted by molar-refractivity contribution is 7.99. The van der Waals surface area contributed by atoms with E-state index in [0.29, 0.717) is 5.69 Å². The lowest BCUT2D eigenvalue weighted by Crippen LogP contribution is -2.38. The Morgan fingerprint density at radius 3 is 3.00 bits per heavy atom. The molecule has 4 nitrogen and oxygen atoms in total. The molecule has 1 aromatic heterocycles. The molecule has 1 aliphatic heterocycles. The van der Waals surface area contributed by atoms with E-state index in [-0.39, 0.29) is 5.91 Å². The number of hydrogen-bond donors (Lipinski definition) is 1. The van der Waals surface area contributed by atoms with Gasteiger partial charge < -0.3 is 10.2 Å². The summed E-state index contributed by atoms with van der Waals surface area (Å²) >= 11 is 1.90. The minimum absolute atomic E-state index is 0.0513. The number of anilines is 1. The first kappa shape index (κ1) is 13.2. The maximum absolute atomic E-state index is 12.3. The van der Waals surface area contributed by atoms with Crippen molar-refractivity contribution in [2.24, 2.45) is 0 Å². The lowest BCUT2D eigenvalue weighted by Gasteiger charge is -2.26. The molecule has 1 aromatic rings. The molecule has 1 N–H and O–H groups in total. The van der Waals surface area contributed by atoms with E-state index in [1.54, 1.807) is 6.20 Å². The predicted octanol–water partition coefficient (Wildman–Crippen LogP) is 2.09. The minimum atomic E-state index is 0.0513. The molecular formula is C13H19N3OS. The summed E-state index contributed by atoms with van der Waals surface area (Å²) in [4.78, 5) is 18.3. The van der Waals surface area contributed by atoms with Crippen LogP contribution in [-0.2, 0) is 0 Å². The SMILES string of the molecule is CCCNc1ccnc(C(=O)N2CCSCC2)c1. The van der Waals surface area contributed by atoms with Gasteiger partial charge in [-0.3, -0.25) is 9.78 Å². The monoisotopic (exact) mass is 265 g/mol. The Kier molecular flexibility index (Phi) is 4.87. The lowest BCUT2D eigenvalue weighted by molar-refractivity contribution is 0.0766. The number of amides is 1. The highest BCUT2D eigenvalue weighted by Crippen LogP contribution is 2.14. The summed E-state index contributed by atoms with van der Waals surface area (Å²) < 4.78 is 0. The zero-order chi connectivity index (χ0) is 12.8. The van der Waals surface area contributed by atoms with Crippen LogP contribution in [0, 0.1) is 0 Å². The van der Waals surface area contributed by atoms with E-state index in [1.165, 1.54) is 0 Å². The highest BCUT2D eigenvalue weighted by atomic mass is 32.2. The molecule has 0 atom stereocenters. The summed E-state index contributed by atoms with van der Waals surface area (Å²) in [5.74, 6) is 2.11. The normalized spacial score (nSPS) is 15.5. The van der Waals surface area contributed by atoms with Crippen molar-refractivity contribution in [3.8, 4) is 0 Å². The number of nitrogens with zero attached hydrogens (tertiary/aromatic N) is 2. The first-order valence-corrected chi connectivity index (χ1v) is 7.53. The molecule has 98 valence electrons. The largest absolute Gasteiger partial charge is 0.385 e. The smallest absolute Gasteiger partial charge is 0.272 e. The van der Waals surface area contributed by atoms with Crippen molar-refractivity contribution in [1.82, 2.24) is 9.88 Å². The van der Waals surface area contributed by atoms with Gasteiger partial charge in [0.25, 0.3) is 5.91 Å². The minimum Gasteiger partial charge on any atom is -0.385 e. The van der Waals surface area contributed by atoms with E-state index in [1.807, 2.05) is 28.8 Å². The van der Waals surface area contributed by atoms with Gasteiger partial charge in [-0.1, -0.05) is 6.92 Å². The third-order valence-electron chi connectivity index (χ3n) is 2.86. The molecule has 0 saturated carbocycles. The van der Waals surface area contributed by atoms with Crippen LogP contribution in [0.15, 0.2) is 18.3 Å². The molecule has 1 fully saturated rings. The van der Waals surface area contributed by atoms with E-state index >= 15 is 0 Å². The van der Waals surface area contributed by atoms with Gasteiger partial charge in [0.05, 0.1) is 0 Å². The fourth-order valence-electron chi connectivity index (χ4n) is 1.86. The number of nitrogens with one attached hydrogen (secondary N) is 1. The Bertz CT molecular complexity index is 405. The van der Waals surface area contributed by atoms with Crippen molar-refractivity contribution in [2.75, 3.05) is 36.5 Å². The second-order valence-electron chi connectivity index (χ2n) is 4.26. The average Bonchev–Trinajstić information content (AvgIpc) is 2.45. The molecule has 0 radical (unpaired) electrons. The number of carbonyl (C=O) groups is 1. The Morgan fingerprint density at radius 2 is 2.28 bits per heavy atom. The number of thioether (sulfide) groups is 1. The van der Waals surface area contributed by atoms with Crippen LogP contribution in [-0.4, -0.2) is 46.9 Å². The third-order valence-corrected chi connectivity index (χ3v) is 3.80. The summed E-state index contributed by atoms with van der Waals surface area (Å²) in [6.07, 6.45) is 2.76. The molecule has 0 aromatic carbocycles. The molecule has 0 bridgehead atoms. The van der Waals surface area contributed by atoms with Gasteiger partial charge in [0.1, 0.15) is 5.69 Å². The topological polar surface area (TPSA) is 45.2 Å². The summed E-state index contributed by atoms with van der Waals surface area (Å²) in [6, 6.07) is 3.75. The molecule has 2 rings (SSSR count). The standard InChI is InChI=1S/C13H19N3OS/c1-2-4-14-11-3-5-15-12(10-11)13(17)16-6-8-18-9-7-16/h3,5,10H,2,4,6-9H2,1H3,(H,14,15). The fourth-order valence-corrected chi connectivity index (χ4v) is 2.76. The van der Waals surface area contributed by atoms with Gasteiger partial charge in [-0.15, -0.1) is 0 Å². The van der Waals surface area contributed by atoms with Crippen LogP contribution in [0.3, 0.4) is 0 Å². The molecule has 2 heterocycles.